The molecule has 1 N–H and O–H groups in total. The van der Waals surface area contributed by atoms with Crippen LogP contribution in [0.2, 0.25) is 0 Å². The summed E-state index contributed by atoms with van der Waals surface area (Å²) >= 11 is 0. The van der Waals surface area contributed by atoms with Crippen molar-refractivity contribution in [2.75, 3.05) is 0 Å². The van der Waals surface area contributed by atoms with Crippen molar-refractivity contribution in [2.45, 2.75) is 0 Å². The molecule has 0 aromatic rings. The van der Waals surface area contributed by atoms with Crippen LogP contribution in [0.1, 0.15) is 0 Å². The Bertz CT molecular complexity index is 380. The van der Waals surface area contributed by atoms with Gasteiger partial charge in [-0.3, -0.25) is 19.9 Å². The van der Waals surface area contributed by atoms with Crippen molar-refractivity contribution in [3.63, 3.8) is 0 Å². The Kier molecular flexibility index (Phi) is 1.48. The number of hydrogen-bond donors (Lipinski definition) is 1. The highest BCUT2D eigenvalue weighted by atomic mass is 16.6. The lowest BCUT2D eigenvalue weighted by Gasteiger charge is -2.12. The van der Waals surface area contributed by atoms with Crippen molar-refractivity contribution in [3.8, 4) is 0 Å². The Morgan fingerprint density at radius 1 is 1.62 bits per heavy atom. The molecule has 6 heteroatoms. The molecule has 66 valence electrons. The van der Waals surface area contributed by atoms with E-state index in [4.69, 9.17) is 0 Å². The van der Waals surface area contributed by atoms with E-state index in [1.54, 1.807) is 6.08 Å². The summed E-state index contributed by atoms with van der Waals surface area (Å²) in [7, 11) is 0. The summed E-state index contributed by atoms with van der Waals surface area (Å²) in [6.45, 7) is 0. The minimum atomic E-state index is -0.833. The third-order valence-electron chi connectivity index (χ3n) is 1.89. The lowest BCUT2D eigenvalue weighted by Crippen LogP contribution is -2.36. The van der Waals surface area contributed by atoms with E-state index in [0.29, 0.717) is 5.71 Å². The van der Waals surface area contributed by atoms with Crippen LogP contribution >= 0.6 is 0 Å². The van der Waals surface area contributed by atoms with Gasteiger partial charge in [0, 0.05) is 6.20 Å². The number of rotatable bonds is 1. The van der Waals surface area contributed by atoms with Crippen LogP contribution in [0.15, 0.2) is 29.2 Å². The highest BCUT2D eigenvalue weighted by Gasteiger charge is 2.39. The molecular formula is C7H5N3O3. The van der Waals surface area contributed by atoms with Crippen molar-refractivity contribution in [1.29, 1.82) is 0 Å². The highest BCUT2D eigenvalue weighted by molar-refractivity contribution is 6.15. The molecule has 13 heavy (non-hydrogen) atoms. The maximum absolute atomic E-state index is 11.2. The second kappa shape index (κ2) is 2.51. The van der Waals surface area contributed by atoms with Crippen molar-refractivity contribution >= 4 is 11.6 Å². The summed E-state index contributed by atoms with van der Waals surface area (Å²) in [6.07, 6.45) is 4.10. The average molecular weight is 179 g/mol. The van der Waals surface area contributed by atoms with Gasteiger partial charge in [-0.15, -0.1) is 0 Å². The van der Waals surface area contributed by atoms with E-state index in [1.165, 1.54) is 6.20 Å². The molecular weight excluding hydrogens is 174 g/mol. The van der Waals surface area contributed by atoms with Gasteiger partial charge in [0.25, 0.3) is 5.70 Å². The van der Waals surface area contributed by atoms with E-state index >= 15 is 0 Å². The topological polar surface area (TPSA) is 84.6 Å². The fourth-order valence-electron chi connectivity index (χ4n) is 1.29. The maximum Gasteiger partial charge on any atom is 0.282 e. The standard InChI is InChI=1S/C7H5N3O3/c11-7-6-4(1-2-8-7)9-3-5(6)10(12)13/h1-3,6H,(H,8,11). The first-order chi connectivity index (χ1) is 6.20. The Balaban J connectivity index is 2.39. The van der Waals surface area contributed by atoms with Crippen LogP contribution in [0, 0.1) is 16.0 Å². The summed E-state index contributed by atoms with van der Waals surface area (Å²) in [6, 6.07) is 0. The van der Waals surface area contributed by atoms with Crippen molar-refractivity contribution in [2.24, 2.45) is 10.9 Å². The Morgan fingerprint density at radius 3 is 3.08 bits per heavy atom. The number of allylic oxidation sites excluding steroid dienone is 1. The zero-order valence-corrected chi connectivity index (χ0v) is 6.43. The quantitative estimate of drug-likeness (QED) is 0.447. The normalized spacial score (nSPS) is 24.6. The number of hydrogen-bond acceptors (Lipinski definition) is 4. The zero-order valence-electron chi connectivity index (χ0n) is 6.43. The van der Waals surface area contributed by atoms with Crippen molar-refractivity contribution in [3.05, 3.63) is 34.3 Å². The molecule has 6 nitrogen and oxygen atoms in total. The molecule has 0 saturated heterocycles. The minimum absolute atomic E-state index is 0.170. The molecule has 0 bridgehead atoms. The molecule has 2 aliphatic heterocycles. The average Bonchev–Trinajstić information content (AvgIpc) is 2.49. The highest BCUT2D eigenvalue weighted by Crippen LogP contribution is 2.23. The third-order valence-corrected chi connectivity index (χ3v) is 1.89. The van der Waals surface area contributed by atoms with Gasteiger partial charge in [0.15, 0.2) is 5.92 Å². The predicted molar refractivity (Wildman–Crippen MR) is 43.3 cm³/mol. The number of nitrogens with one attached hydrogen (secondary N) is 1. The van der Waals surface area contributed by atoms with Crippen LogP contribution in [-0.2, 0) is 4.79 Å². The van der Waals surface area contributed by atoms with Crippen LogP contribution in [0.5, 0.6) is 0 Å². The van der Waals surface area contributed by atoms with E-state index in [9.17, 15) is 14.9 Å². The molecule has 1 atom stereocenters. The second-order valence-electron chi connectivity index (χ2n) is 2.64. The van der Waals surface area contributed by atoms with Gasteiger partial charge in [-0.25, -0.2) is 0 Å². The molecule has 2 rings (SSSR count). The predicted octanol–water partition coefficient (Wildman–Crippen LogP) is -0.181. The van der Waals surface area contributed by atoms with Gasteiger partial charge in [0.1, 0.15) is 6.20 Å². The molecule has 1 amide bonds. The smallest absolute Gasteiger partial charge is 0.282 e. The van der Waals surface area contributed by atoms with Crippen LogP contribution in [0.3, 0.4) is 0 Å². The number of carbonyl (C=O) groups is 1. The van der Waals surface area contributed by atoms with Gasteiger partial charge >= 0.3 is 0 Å². The number of amides is 1. The Labute approximate surface area is 72.8 Å². The number of nitrogens with zero attached hydrogens (tertiary/aromatic N) is 2. The molecule has 0 saturated carbocycles. The molecule has 0 fully saturated rings. The van der Waals surface area contributed by atoms with Gasteiger partial charge in [-0.2, -0.15) is 0 Å². The summed E-state index contributed by atoms with van der Waals surface area (Å²) in [5.74, 6) is -1.23. The Morgan fingerprint density at radius 2 is 2.38 bits per heavy atom. The van der Waals surface area contributed by atoms with E-state index in [2.05, 4.69) is 10.3 Å². The minimum Gasteiger partial charge on any atom is -0.332 e. The SMILES string of the molecule is O=C1NC=CC2=NC=C([N+](=O)[O-])C12. The first-order valence-electron chi connectivity index (χ1n) is 3.59. The largest absolute Gasteiger partial charge is 0.332 e. The first kappa shape index (κ1) is 7.66. The molecule has 0 aliphatic carbocycles. The van der Waals surface area contributed by atoms with E-state index in [0.717, 1.165) is 6.20 Å². The summed E-state index contributed by atoms with van der Waals surface area (Å²) in [4.78, 5) is 24.9. The molecule has 0 radical (unpaired) electrons. The van der Waals surface area contributed by atoms with Gasteiger partial charge < -0.3 is 5.32 Å². The fraction of sp³-hybridized carbons (Fsp3) is 0.143. The summed E-state index contributed by atoms with van der Waals surface area (Å²) in [5, 5.41) is 12.9. The van der Waals surface area contributed by atoms with E-state index < -0.39 is 16.7 Å². The maximum atomic E-state index is 11.2. The summed E-state index contributed by atoms with van der Waals surface area (Å²) < 4.78 is 0. The second-order valence-corrected chi connectivity index (χ2v) is 2.64. The van der Waals surface area contributed by atoms with Crippen LogP contribution in [0.4, 0.5) is 0 Å². The first-order valence-corrected chi connectivity index (χ1v) is 3.59. The third kappa shape index (κ3) is 1.03. The molecule has 0 aromatic carbocycles. The van der Waals surface area contributed by atoms with Crippen LogP contribution < -0.4 is 5.32 Å². The Hall–Kier alpha value is -1.98. The number of fused-ring (bicyclic) bond motifs is 1. The van der Waals surface area contributed by atoms with Crippen molar-refractivity contribution in [1.82, 2.24) is 5.32 Å². The lowest BCUT2D eigenvalue weighted by molar-refractivity contribution is -0.429. The molecule has 0 spiro atoms. The van der Waals surface area contributed by atoms with E-state index in [1.807, 2.05) is 0 Å². The zero-order chi connectivity index (χ0) is 9.42. The van der Waals surface area contributed by atoms with Gasteiger partial charge in [0.2, 0.25) is 5.91 Å². The number of nitro groups is 1. The molecule has 1 unspecified atom stereocenters. The monoisotopic (exact) mass is 179 g/mol. The van der Waals surface area contributed by atoms with Crippen molar-refractivity contribution < 1.29 is 9.72 Å². The van der Waals surface area contributed by atoms with Crippen LogP contribution in [-0.4, -0.2) is 16.5 Å². The van der Waals surface area contributed by atoms with Crippen LogP contribution in [0.25, 0.3) is 0 Å². The number of aliphatic imine (C=N–C) groups is 1. The summed E-state index contributed by atoms with van der Waals surface area (Å²) in [5.41, 5.74) is 0.257. The molecule has 0 aromatic heterocycles. The fourth-order valence-corrected chi connectivity index (χ4v) is 1.29. The molecule has 2 aliphatic rings. The lowest BCUT2D eigenvalue weighted by atomic mass is 9.99. The van der Waals surface area contributed by atoms with Gasteiger partial charge in [-0.1, -0.05) is 0 Å². The van der Waals surface area contributed by atoms with E-state index in [-0.39, 0.29) is 5.70 Å². The molecule has 2 heterocycles. The number of carbonyl (C=O) groups excluding carboxylic acids is 1. The van der Waals surface area contributed by atoms with Gasteiger partial charge in [-0.05, 0) is 6.08 Å². The van der Waals surface area contributed by atoms with Gasteiger partial charge in [0.05, 0.1) is 10.6 Å².